The van der Waals surface area contributed by atoms with E-state index >= 15 is 0 Å². The number of nitrogens with one attached hydrogen (secondary N) is 1. The minimum atomic E-state index is -0.0983. The molecule has 0 spiro atoms. The normalized spacial score (nSPS) is 17.6. The number of carbonyl (C=O) groups is 1. The number of carbonyl (C=O) groups excluding carboxylic acids is 1. The van der Waals surface area contributed by atoms with Crippen molar-refractivity contribution in [2.75, 3.05) is 19.6 Å². The minimum Gasteiger partial charge on any atom is -0.444 e. The number of para-hydroxylation sites is 1. The lowest BCUT2D eigenvalue weighted by Gasteiger charge is -2.31. The van der Waals surface area contributed by atoms with E-state index < -0.39 is 0 Å². The third-order valence-corrected chi connectivity index (χ3v) is 4.23. The number of piperazine rings is 1. The predicted octanol–water partition coefficient (Wildman–Crippen LogP) is 1.96. The van der Waals surface area contributed by atoms with Crippen molar-refractivity contribution in [3.8, 4) is 17.1 Å². The minimum absolute atomic E-state index is 0.0983. The number of amides is 1. The highest BCUT2D eigenvalue weighted by Gasteiger charge is 2.24. The molecular formula is C18H19N5O2. The first kappa shape index (κ1) is 15.6. The number of rotatable bonds is 3. The van der Waals surface area contributed by atoms with E-state index in [0.717, 1.165) is 17.8 Å². The van der Waals surface area contributed by atoms with Crippen molar-refractivity contribution in [2.45, 2.75) is 13.0 Å². The van der Waals surface area contributed by atoms with Crippen LogP contribution in [0.1, 0.15) is 17.4 Å². The monoisotopic (exact) mass is 337 g/mol. The number of nitrogens with zero attached hydrogens (tertiary/aromatic N) is 4. The predicted molar refractivity (Wildman–Crippen MR) is 92.4 cm³/mol. The van der Waals surface area contributed by atoms with Crippen molar-refractivity contribution in [2.24, 2.45) is 0 Å². The van der Waals surface area contributed by atoms with Crippen molar-refractivity contribution in [1.82, 2.24) is 25.0 Å². The van der Waals surface area contributed by atoms with E-state index in [2.05, 4.69) is 22.3 Å². The number of benzene rings is 1. The molecular weight excluding hydrogens is 318 g/mol. The molecule has 1 aromatic carbocycles. The van der Waals surface area contributed by atoms with Gasteiger partial charge in [0.2, 0.25) is 5.89 Å². The van der Waals surface area contributed by atoms with Crippen molar-refractivity contribution in [3.63, 3.8) is 0 Å². The highest BCUT2D eigenvalue weighted by Crippen LogP contribution is 2.20. The lowest BCUT2D eigenvalue weighted by Crippen LogP contribution is -2.51. The molecule has 1 aliphatic heterocycles. The molecule has 1 saturated heterocycles. The Kier molecular flexibility index (Phi) is 4.07. The Hall–Kier alpha value is -2.93. The third kappa shape index (κ3) is 3.18. The van der Waals surface area contributed by atoms with Crippen LogP contribution in [0, 0.1) is 0 Å². The van der Waals surface area contributed by atoms with Crippen LogP contribution in [0.3, 0.4) is 0 Å². The molecule has 7 heteroatoms. The summed E-state index contributed by atoms with van der Waals surface area (Å²) in [6.45, 7) is 4.21. The number of aromatic nitrogens is 3. The smallest absolute Gasteiger partial charge is 0.275 e. The molecule has 25 heavy (non-hydrogen) atoms. The molecule has 0 saturated carbocycles. The van der Waals surface area contributed by atoms with Gasteiger partial charge in [0.05, 0.1) is 17.4 Å². The van der Waals surface area contributed by atoms with Gasteiger partial charge in [0.25, 0.3) is 5.91 Å². The second-order valence-electron chi connectivity index (χ2n) is 6.15. The highest BCUT2D eigenvalue weighted by atomic mass is 16.3. The Morgan fingerprint density at radius 1 is 1.32 bits per heavy atom. The molecule has 1 aliphatic rings. The van der Waals surface area contributed by atoms with Gasteiger partial charge in [-0.2, -0.15) is 5.10 Å². The van der Waals surface area contributed by atoms with Crippen molar-refractivity contribution < 1.29 is 9.21 Å². The number of oxazole rings is 1. The molecule has 4 rings (SSSR count). The molecule has 0 unspecified atom stereocenters. The van der Waals surface area contributed by atoms with Gasteiger partial charge in [0, 0.05) is 31.9 Å². The summed E-state index contributed by atoms with van der Waals surface area (Å²) >= 11 is 0. The Morgan fingerprint density at radius 3 is 2.96 bits per heavy atom. The lowest BCUT2D eigenvalue weighted by molar-refractivity contribution is 0.0703. The maximum Gasteiger partial charge on any atom is 0.275 e. The average Bonchev–Trinajstić information content (AvgIpc) is 3.31. The Bertz CT molecular complexity index is 870. The van der Waals surface area contributed by atoms with Gasteiger partial charge in [0.1, 0.15) is 6.26 Å². The summed E-state index contributed by atoms with van der Waals surface area (Å²) in [7, 11) is 0. The van der Waals surface area contributed by atoms with Gasteiger partial charge in [-0.05, 0) is 19.1 Å². The van der Waals surface area contributed by atoms with Gasteiger partial charge in [-0.1, -0.05) is 18.2 Å². The molecule has 2 aromatic heterocycles. The van der Waals surface area contributed by atoms with E-state index in [0.29, 0.717) is 24.7 Å². The second kappa shape index (κ2) is 6.52. The maximum absolute atomic E-state index is 12.6. The first-order valence-corrected chi connectivity index (χ1v) is 8.29. The number of hydrogen-bond donors (Lipinski definition) is 1. The summed E-state index contributed by atoms with van der Waals surface area (Å²) in [5, 5.41) is 7.65. The molecule has 0 bridgehead atoms. The fourth-order valence-corrected chi connectivity index (χ4v) is 2.94. The molecule has 3 heterocycles. The fourth-order valence-electron chi connectivity index (χ4n) is 2.94. The molecule has 1 atom stereocenters. The zero-order valence-electron chi connectivity index (χ0n) is 13.9. The zero-order chi connectivity index (χ0) is 17.2. The summed E-state index contributed by atoms with van der Waals surface area (Å²) in [6, 6.07) is 10.1. The molecule has 3 aromatic rings. The molecule has 7 nitrogen and oxygen atoms in total. The molecule has 1 N–H and O–H groups in total. The summed E-state index contributed by atoms with van der Waals surface area (Å²) in [5.41, 5.74) is 2.01. The SMILES string of the molecule is C[C@H]1CN(C(=O)c2coc(-c3cnn(-c4ccccc4)c3)n2)CCN1. The largest absolute Gasteiger partial charge is 0.444 e. The summed E-state index contributed by atoms with van der Waals surface area (Å²) < 4.78 is 7.26. The van der Waals surface area contributed by atoms with Gasteiger partial charge in [-0.15, -0.1) is 0 Å². The van der Waals surface area contributed by atoms with Gasteiger partial charge in [0.15, 0.2) is 5.69 Å². The standard InChI is InChI=1S/C18H19N5O2/c1-13-10-22(8-7-19-13)18(24)16-12-25-17(21-16)14-9-20-23(11-14)15-5-3-2-4-6-15/h2-6,9,11-13,19H,7-8,10H2,1H3/t13-/m0/s1. The third-order valence-electron chi connectivity index (χ3n) is 4.23. The first-order chi connectivity index (χ1) is 12.2. The fraction of sp³-hybridized carbons (Fsp3) is 0.278. The Morgan fingerprint density at radius 2 is 2.16 bits per heavy atom. The van der Waals surface area contributed by atoms with Crippen LogP contribution < -0.4 is 5.32 Å². The van der Waals surface area contributed by atoms with E-state index in [1.807, 2.05) is 36.5 Å². The summed E-state index contributed by atoms with van der Waals surface area (Å²) in [5.74, 6) is 0.299. The summed E-state index contributed by atoms with van der Waals surface area (Å²) in [6.07, 6.45) is 4.94. The molecule has 1 amide bonds. The van der Waals surface area contributed by atoms with Crippen molar-refractivity contribution in [3.05, 3.63) is 54.7 Å². The quantitative estimate of drug-likeness (QED) is 0.791. The zero-order valence-corrected chi connectivity index (χ0v) is 13.9. The molecule has 128 valence electrons. The van der Waals surface area contributed by atoms with E-state index in [9.17, 15) is 4.79 Å². The Balaban J connectivity index is 1.53. The Labute approximate surface area is 145 Å². The van der Waals surface area contributed by atoms with Crippen LogP contribution in [0.2, 0.25) is 0 Å². The topological polar surface area (TPSA) is 76.2 Å². The molecule has 0 radical (unpaired) electrons. The van der Waals surface area contributed by atoms with Crippen LogP contribution in [-0.2, 0) is 0 Å². The van der Waals surface area contributed by atoms with Gasteiger partial charge < -0.3 is 14.6 Å². The summed E-state index contributed by atoms with van der Waals surface area (Å²) in [4.78, 5) is 18.7. The van der Waals surface area contributed by atoms with Crippen LogP contribution in [0.15, 0.2) is 53.4 Å². The van der Waals surface area contributed by atoms with Crippen molar-refractivity contribution >= 4 is 5.91 Å². The number of hydrogen-bond acceptors (Lipinski definition) is 5. The van der Waals surface area contributed by atoms with Crippen LogP contribution in [-0.4, -0.2) is 51.2 Å². The van der Waals surface area contributed by atoms with Gasteiger partial charge in [-0.25, -0.2) is 9.67 Å². The van der Waals surface area contributed by atoms with E-state index in [4.69, 9.17) is 4.42 Å². The lowest BCUT2D eigenvalue weighted by atomic mass is 10.2. The van der Waals surface area contributed by atoms with Gasteiger partial charge >= 0.3 is 0 Å². The van der Waals surface area contributed by atoms with Crippen LogP contribution >= 0.6 is 0 Å². The first-order valence-electron chi connectivity index (χ1n) is 8.29. The highest BCUT2D eigenvalue weighted by molar-refractivity contribution is 5.92. The maximum atomic E-state index is 12.6. The average molecular weight is 337 g/mol. The molecule has 0 aliphatic carbocycles. The second-order valence-corrected chi connectivity index (χ2v) is 6.15. The molecule has 1 fully saturated rings. The van der Waals surface area contributed by atoms with Crippen molar-refractivity contribution in [1.29, 1.82) is 0 Å². The van der Waals surface area contributed by atoms with Gasteiger partial charge in [-0.3, -0.25) is 4.79 Å². The van der Waals surface area contributed by atoms with E-state index in [-0.39, 0.29) is 11.9 Å². The van der Waals surface area contributed by atoms with E-state index in [1.165, 1.54) is 6.26 Å². The van der Waals surface area contributed by atoms with Crippen LogP contribution in [0.25, 0.3) is 17.1 Å². The van der Waals surface area contributed by atoms with E-state index in [1.54, 1.807) is 15.8 Å². The van der Waals surface area contributed by atoms with Crippen LogP contribution in [0.4, 0.5) is 0 Å². The van der Waals surface area contributed by atoms with Crippen LogP contribution in [0.5, 0.6) is 0 Å².